The van der Waals surface area contributed by atoms with Crippen molar-refractivity contribution in [2.45, 2.75) is 51.4 Å². The average Bonchev–Trinajstić information content (AvgIpc) is 2.84. The van der Waals surface area contributed by atoms with Gasteiger partial charge in [0.15, 0.2) is 0 Å². The summed E-state index contributed by atoms with van der Waals surface area (Å²) in [5, 5.41) is 0. The summed E-state index contributed by atoms with van der Waals surface area (Å²) in [5.74, 6) is 0. The van der Waals surface area contributed by atoms with Crippen molar-refractivity contribution in [3.05, 3.63) is 34.4 Å². The van der Waals surface area contributed by atoms with Crippen molar-refractivity contribution >= 4 is 0 Å². The molecule has 0 bridgehead atoms. The summed E-state index contributed by atoms with van der Waals surface area (Å²) in [4.78, 5) is 0. The fraction of sp³-hybridized carbons (Fsp3) is 0.571. The van der Waals surface area contributed by atoms with E-state index >= 15 is 0 Å². The molecule has 0 aliphatic heterocycles. The number of benzene rings is 1. The summed E-state index contributed by atoms with van der Waals surface area (Å²) in [6.45, 7) is 4.53. The van der Waals surface area contributed by atoms with Crippen LogP contribution in [0.15, 0.2) is 12.1 Å². The Morgan fingerprint density at radius 3 is 2.57 bits per heavy atom. The Morgan fingerprint density at radius 2 is 1.86 bits per heavy atom. The molecule has 1 fully saturated rings. The first kappa shape index (κ1) is 8.52. The summed E-state index contributed by atoms with van der Waals surface area (Å²) >= 11 is 0. The summed E-state index contributed by atoms with van der Waals surface area (Å²) in [5.41, 5.74) is 7.03. The van der Waals surface area contributed by atoms with Gasteiger partial charge in [-0.1, -0.05) is 17.7 Å². The van der Waals surface area contributed by atoms with Gasteiger partial charge >= 0.3 is 0 Å². The number of hydrogen-bond donors (Lipinski definition) is 0. The Morgan fingerprint density at radius 1 is 1.07 bits per heavy atom. The number of hydrogen-bond acceptors (Lipinski definition) is 0. The van der Waals surface area contributed by atoms with Crippen molar-refractivity contribution in [1.29, 1.82) is 0 Å². The first-order valence-electron chi connectivity index (χ1n) is 5.82. The van der Waals surface area contributed by atoms with E-state index in [2.05, 4.69) is 26.0 Å². The van der Waals surface area contributed by atoms with E-state index in [4.69, 9.17) is 0 Å². The summed E-state index contributed by atoms with van der Waals surface area (Å²) in [6, 6.07) is 4.78. The predicted molar refractivity (Wildman–Crippen MR) is 59.8 cm³/mol. The molecule has 0 heteroatoms. The molecule has 0 N–H and O–H groups in total. The molecule has 1 aromatic carbocycles. The van der Waals surface area contributed by atoms with E-state index in [0.29, 0.717) is 5.41 Å². The molecule has 0 amide bonds. The fourth-order valence-electron chi connectivity index (χ4n) is 3.40. The van der Waals surface area contributed by atoms with Crippen LogP contribution in [0.3, 0.4) is 0 Å². The standard InChI is InChI=1S/C14H18/c1-10-8-11(2)13-12(9-10)4-3-5-14(13)6-7-14/h8-9H,3-7H2,1-2H3. The molecule has 1 spiro atoms. The molecule has 14 heavy (non-hydrogen) atoms. The fourth-order valence-corrected chi connectivity index (χ4v) is 3.40. The van der Waals surface area contributed by atoms with Crippen molar-refractivity contribution in [2.75, 3.05) is 0 Å². The Kier molecular flexibility index (Phi) is 1.60. The third-order valence-electron chi connectivity index (χ3n) is 4.05. The SMILES string of the molecule is Cc1cc(C)c2c(c1)CCCC21CC1. The van der Waals surface area contributed by atoms with Gasteiger partial charge in [-0.3, -0.25) is 0 Å². The van der Waals surface area contributed by atoms with Crippen LogP contribution in [-0.4, -0.2) is 0 Å². The third kappa shape index (κ3) is 1.06. The molecule has 0 saturated heterocycles. The predicted octanol–water partition coefficient (Wildman–Crippen LogP) is 3.67. The second kappa shape index (κ2) is 2.62. The van der Waals surface area contributed by atoms with Gasteiger partial charge in [0.1, 0.15) is 0 Å². The molecule has 0 unspecified atom stereocenters. The average molecular weight is 186 g/mol. The van der Waals surface area contributed by atoms with E-state index in [9.17, 15) is 0 Å². The molecule has 0 atom stereocenters. The molecule has 74 valence electrons. The van der Waals surface area contributed by atoms with Crippen LogP contribution >= 0.6 is 0 Å². The molecule has 3 rings (SSSR count). The van der Waals surface area contributed by atoms with Gasteiger partial charge in [0.25, 0.3) is 0 Å². The van der Waals surface area contributed by atoms with Crippen molar-refractivity contribution in [3.8, 4) is 0 Å². The first-order valence-corrected chi connectivity index (χ1v) is 5.82. The zero-order valence-corrected chi connectivity index (χ0v) is 9.19. The third-order valence-corrected chi connectivity index (χ3v) is 4.05. The molecule has 0 aromatic heterocycles. The molecule has 1 saturated carbocycles. The molecular formula is C14H18. The molecular weight excluding hydrogens is 168 g/mol. The quantitative estimate of drug-likeness (QED) is 0.580. The van der Waals surface area contributed by atoms with Gasteiger partial charge in [-0.25, -0.2) is 0 Å². The second-order valence-corrected chi connectivity index (χ2v) is 5.25. The maximum atomic E-state index is 2.42. The normalized spacial score (nSPS) is 22.1. The lowest BCUT2D eigenvalue weighted by atomic mass is 9.77. The number of aryl methyl sites for hydroxylation is 3. The van der Waals surface area contributed by atoms with Gasteiger partial charge in [-0.15, -0.1) is 0 Å². The summed E-state index contributed by atoms with van der Waals surface area (Å²) in [6.07, 6.45) is 7.08. The Hall–Kier alpha value is -0.780. The lowest BCUT2D eigenvalue weighted by Gasteiger charge is -2.27. The molecule has 0 nitrogen and oxygen atoms in total. The zero-order chi connectivity index (χ0) is 9.76. The largest absolute Gasteiger partial charge is 0.0561 e. The van der Waals surface area contributed by atoms with E-state index in [1.165, 1.54) is 37.7 Å². The minimum atomic E-state index is 0.644. The lowest BCUT2D eigenvalue weighted by molar-refractivity contribution is 0.538. The highest BCUT2D eigenvalue weighted by Gasteiger charge is 2.47. The van der Waals surface area contributed by atoms with Crippen LogP contribution < -0.4 is 0 Å². The van der Waals surface area contributed by atoms with Crippen LogP contribution in [0.5, 0.6) is 0 Å². The minimum absolute atomic E-state index is 0.644. The number of fused-ring (bicyclic) bond motifs is 2. The van der Waals surface area contributed by atoms with E-state index in [1.54, 1.807) is 16.7 Å². The molecule has 2 aliphatic rings. The molecule has 2 aliphatic carbocycles. The highest BCUT2D eigenvalue weighted by molar-refractivity contribution is 5.47. The Bertz CT molecular complexity index is 383. The van der Waals surface area contributed by atoms with Gasteiger partial charge in [-0.2, -0.15) is 0 Å². The Labute approximate surface area is 86.3 Å². The van der Waals surface area contributed by atoms with Gasteiger partial charge in [0.05, 0.1) is 0 Å². The van der Waals surface area contributed by atoms with Crippen molar-refractivity contribution in [3.63, 3.8) is 0 Å². The van der Waals surface area contributed by atoms with Crippen LogP contribution in [0.4, 0.5) is 0 Å². The second-order valence-electron chi connectivity index (χ2n) is 5.25. The monoisotopic (exact) mass is 186 g/mol. The van der Waals surface area contributed by atoms with E-state index in [0.717, 1.165) is 0 Å². The summed E-state index contributed by atoms with van der Waals surface area (Å²) in [7, 11) is 0. The highest BCUT2D eigenvalue weighted by atomic mass is 14.5. The molecule has 0 radical (unpaired) electrons. The van der Waals surface area contributed by atoms with Crippen molar-refractivity contribution < 1.29 is 0 Å². The molecule has 0 heterocycles. The van der Waals surface area contributed by atoms with Gasteiger partial charge in [0, 0.05) is 0 Å². The van der Waals surface area contributed by atoms with Crippen LogP contribution in [-0.2, 0) is 11.8 Å². The minimum Gasteiger partial charge on any atom is -0.0561 e. The van der Waals surface area contributed by atoms with Gasteiger partial charge < -0.3 is 0 Å². The Balaban J connectivity index is 2.22. The van der Waals surface area contributed by atoms with Crippen LogP contribution in [0.2, 0.25) is 0 Å². The zero-order valence-electron chi connectivity index (χ0n) is 9.19. The van der Waals surface area contributed by atoms with Crippen LogP contribution in [0.25, 0.3) is 0 Å². The topological polar surface area (TPSA) is 0 Å². The van der Waals surface area contributed by atoms with Gasteiger partial charge in [-0.05, 0) is 68.1 Å². The number of rotatable bonds is 0. The highest BCUT2D eigenvalue weighted by Crippen LogP contribution is 2.56. The van der Waals surface area contributed by atoms with E-state index < -0.39 is 0 Å². The van der Waals surface area contributed by atoms with Crippen molar-refractivity contribution in [1.82, 2.24) is 0 Å². The maximum Gasteiger partial charge on any atom is -0.00409 e. The summed E-state index contributed by atoms with van der Waals surface area (Å²) < 4.78 is 0. The van der Waals surface area contributed by atoms with E-state index in [-0.39, 0.29) is 0 Å². The lowest BCUT2D eigenvalue weighted by Crippen LogP contribution is -2.17. The van der Waals surface area contributed by atoms with Crippen molar-refractivity contribution in [2.24, 2.45) is 0 Å². The van der Waals surface area contributed by atoms with Gasteiger partial charge in [0.2, 0.25) is 0 Å². The van der Waals surface area contributed by atoms with Crippen LogP contribution in [0, 0.1) is 13.8 Å². The first-order chi connectivity index (χ1) is 6.71. The van der Waals surface area contributed by atoms with E-state index in [1.807, 2.05) is 0 Å². The smallest absolute Gasteiger partial charge is 0.00409 e. The molecule has 1 aromatic rings. The van der Waals surface area contributed by atoms with Crippen LogP contribution in [0.1, 0.15) is 47.9 Å². The maximum absolute atomic E-state index is 2.42.